The van der Waals surface area contributed by atoms with E-state index in [9.17, 15) is 4.79 Å². The third-order valence-corrected chi connectivity index (χ3v) is 6.06. The third-order valence-electron chi connectivity index (χ3n) is 4.57. The first-order valence-corrected chi connectivity index (χ1v) is 10.8. The predicted molar refractivity (Wildman–Crippen MR) is 120 cm³/mol. The van der Waals surface area contributed by atoms with Crippen molar-refractivity contribution in [2.24, 2.45) is 0 Å². The lowest BCUT2D eigenvalue weighted by molar-refractivity contribution is 0.102. The summed E-state index contributed by atoms with van der Waals surface area (Å²) in [5.41, 5.74) is 2.77. The molecule has 3 heterocycles. The molecule has 6 nitrogen and oxygen atoms in total. The molecule has 0 unspecified atom stereocenters. The summed E-state index contributed by atoms with van der Waals surface area (Å²) in [6, 6.07) is 10.9. The number of carbonyl (C=O) groups excluding carboxylic acids is 1. The van der Waals surface area contributed by atoms with E-state index in [2.05, 4.69) is 25.5 Å². The summed E-state index contributed by atoms with van der Waals surface area (Å²) >= 11 is 13.1. The molecular formula is C20H19Cl2N5OS. The van der Waals surface area contributed by atoms with Crippen LogP contribution in [-0.4, -0.2) is 29.0 Å². The quantitative estimate of drug-likeness (QED) is 0.520. The Kier molecular flexibility index (Phi) is 5.89. The van der Waals surface area contributed by atoms with E-state index in [0.29, 0.717) is 25.9 Å². The summed E-state index contributed by atoms with van der Waals surface area (Å²) in [6.45, 7) is 4.03. The van der Waals surface area contributed by atoms with Gasteiger partial charge in [0.25, 0.3) is 5.91 Å². The molecular weight excluding hydrogens is 429 g/mol. The zero-order chi connectivity index (χ0) is 20.4. The summed E-state index contributed by atoms with van der Waals surface area (Å²) in [6.07, 6.45) is 2.39. The fraction of sp³-hybridized carbons (Fsp3) is 0.250. The van der Waals surface area contributed by atoms with Crippen molar-refractivity contribution in [3.05, 3.63) is 56.3 Å². The number of benzene rings is 1. The number of nitrogens with one attached hydrogen (secondary N) is 2. The summed E-state index contributed by atoms with van der Waals surface area (Å²) < 4.78 is 0.849. The van der Waals surface area contributed by atoms with Gasteiger partial charge in [-0.3, -0.25) is 4.79 Å². The van der Waals surface area contributed by atoms with Gasteiger partial charge in [0, 0.05) is 36.2 Å². The van der Waals surface area contributed by atoms with Crippen LogP contribution in [0.15, 0.2) is 36.4 Å². The van der Waals surface area contributed by atoms with Crippen LogP contribution < -0.4 is 15.5 Å². The van der Waals surface area contributed by atoms with E-state index >= 15 is 0 Å². The molecule has 1 fully saturated rings. The lowest BCUT2D eigenvalue weighted by atomic mass is 10.2. The minimum atomic E-state index is -0.295. The number of aromatic nitrogens is 2. The fourth-order valence-electron chi connectivity index (χ4n) is 3.18. The van der Waals surface area contributed by atoms with Gasteiger partial charge in [0.2, 0.25) is 5.95 Å². The van der Waals surface area contributed by atoms with Crippen molar-refractivity contribution in [2.75, 3.05) is 28.6 Å². The monoisotopic (exact) mass is 447 g/mol. The maximum Gasteiger partial charge on any atom is 0.258 e. The minimum absolute atomic E-state index is 0.295. The van der Waals surface area contributed by atoms with E-state index in [4.69, 9.17) is 23.2 Å². The van der Waals surface area contributed by atoms with Gasteiger partial charge in [0.05, 0.1) is 9.90 Å². The van der Waals surface area contributed by atoms with Crippen LogP contribution in [0.3, 0.4) is 0 Å². The van der Waals surface area contributed by atoms with Crippen LogP contribution in [0.2, 0.25) is 8.67 Å². The van der Waals surface area contributed by atoms with Crippen molar-refractivity contribution in [1.82, 2.24) is 9.97 Å². The van der Waals surface area contributed by atoms with Crippen molar-refractivity contribution in [3.63, 3.8) is 0 Å². The number of carbonyl (C=O) groups is 1. The Bertz CT molecular complexity index is 1030. The van der Waals surface area contributed by atoms with Gasteiger partial charge in [0.15, 0.2) is 0 Å². The Morgan fingerprint density at radius 2 is 1.76 bits per heavy atom. The van der Waals surface area contributed by atoms with Gasteiger partial charge in [-0.2, -0.15) is 4.98 Å². The number of nitrogens with zero attached hydrogens (tertiary/aromatic N) is 3. The molecule has 0 aliphatic carbocycles. The Labute approximate surface area is 182 Å². The summed E-state index contributed by atoms with van der Waals surface area (Å²) in [4.78, 5) is 23.7. The van der Waals surface area contributed by atoms with Gasteiger partial charge in [-0.1, -0.05) is 23.2 Å². The second-order valence-electron chi connectivity index (χ2n) is 6.78. The average Bonchev–Trinajstić information content (AvgIpc) is 3.32. The second-order valence-corrected chi connectivity index (χ2v) is 9.07. The molecule has 3 aromatic rings. The molecule has 0 radical (unpaired) electrons. The number of amides is 1. The van der Waals surface area contributed by atoms with E-state index in [1.165, 1.54) is 24.2 Å². The molecule has 4 rings (SSSR count). The first kappa shape index (κ1) is 19.9. The Hall–Kier alpha value is -2.35. The SMILES string of the molecule is Cc1cc(N2CCCC2)nc(Nc2ccc(NC(=O)c3cc(Cl)sc3Cl)cc2)n1. The molecule has 1 saturated heterocycles. The van der Waals surface area contributed by atoms with Crippen LogP contribution in [0.4, 0.5) is 23.1 Å². The number of halogens is 2. The van der Waals surface area contributed by atoms with Gasteiger partial charge in [-0.05, 0) is 50.1 Å². The number of hydrogen-bond acceptors (Lipinski definition) is 6. The van der Waals surface area contributed by atoms with Crippen LogP contribution in [0, 0.1) is 6.92 Å². The molecule has 1 aliphatic rings. The molecule has 1 amide bonds. The van der Waals surface area contributed by atoms with E-state index in [-0.39, 0.29) is 5.91 Å². The normalized spacial score (nSPS) is 13.6. The maximum absolute atomic E-state index is 12.3. The highest BCUT2D eigenvalue weighted by Crippen LogP contribution is 2.31. The zero-order valence-corrected chi connectivity index (χ0v) is 18.0. The molecule has 2 aromatic heterocycles. The highest BCUT2D eigenvalue weighted by atomic mass is 35.5. The number of rotatable bonds is 5. The van der Waals surface area contributed by atoms with Gasteiger partial charge in [-0.25, -0.2) is 4.98 Å². The minimum Gasteiger partial charge on any atom is -0.356 e. The number of anilines is 4. The molecule has 0 bridgehead atoms. The van der Waals surface area contributed by atoms with Crippen LogP contribution in [-0.2, 0) is 0 Å². The molecule has 1 aliphatic heterocycles. The van der Waals surface area contributed by atoms with E-state index in [1.54, 1.807) is 18.2 Å². The maximum atomic E-state index is 12.3. The zero-order valence-electron chi connectivity index (χ0n) is 15.7. The van der Waals surface area contributed by atoms with Crippen molar-refractivity contribution in [3.8, 4) is 0 Å². The lowest BCUT2D eigenvalue weighted by Gasteiger charge is -2.17. The summed E-state index contributed by atoms with van der Waals surface area (Å²) in [5, 5.41) is 6.05. The molecule has 0 spiro atoms. The first-order valence-electron chi connectivity index (χ1n) is 9.22. The summed E-state index contributed by atoms with van der Waals surface area (Å²) in [7, 11) is 0. The highest BCUT2D eigenvalue weighted by Gasteiger charge is 2.16. The molecule has 0 saturated carbocycles. The second kappa shape index (κ2) is 8.57. The number of aryl methyl sites for hydroxylation is 1. The predicted octanol–water partition coefficient (Wildman–Crippen LogP) is 5.75. The third kappa shape index (κ3) is 4.80. The smallest absolute Gasteiger partial charge is 0.258 e. The van der Waals surface area contributed by atoms with E-state index in [1.807, 2.05) is 25.1 Å². The van der Waals surface area contributed by atoms with Crippen molar-refractivity contribution < 1.29 is 4.79 Å². The Morgan fingerprint density at radius 3 is 2.41 bits per heavy atom. The van der Waals surface area contributed by atoms with Crippen molar-refractivity contribution in [1.29, 1.82) is 0 Å². The summed E-state index contributed by atoms with van der Waals surface area (Å²) in [5.74, 6) is 1.22. The molecule has 1 aromatic carbocycles. The van der Waals surface area contributed by atoms with E-state index < -0.39 is 0 Å². The van der Waals surface area contributed by atoms with Crippen LogP contribution >= 0.6 is 34.5 Å². The number of hydrogen-bond donors (Lipinski definition) is 2. The average molecular weight is 448 g/mol. The Balaban J connectivity index is 1.44. The lowest BCUT2D eigenvalue weighted by Crippen LogP contribution is -2.19. The van der Waals surface area contributed by atoms with Gasteiger partial charge >= 0.3 is 0 Å². The Morgan fingerprint density at radius 1 is 1.07 bits per heavy atom. The van der Waals surface area contributed by atoms with Crippen LogP contribution in [0.1, 0.15) is 28.9 Å². The highest BCUT2D eigenvalue weighted by molar-refractivity contribution is 7.20. The molecule has 2 N–H and O–H groups in total. The fourth-order valence-corrected chi connectivity index (χ4v) is 4.63. The van der Waals surface area contributed by atoms with Gasteiger partial charge in [-0.15, -0.1) is 11.3 Å². The largest absolute Gasteiger partial charge is 0.356 e. The van der Waals surface area contributed by atoms with Crippen molar-refractivity contribution >= 4 is 63.6 Å². The number of thiophene rings is 1. The standard InChI is InChI=1S/C20H19Cl2N5OS/c1-12-10-17(27-8-2-3-9-27)26-20(23-12)25-14-6-4-13(5-7-14)24-19(28)15-11-16(21)29-18(15)22/h4-7,10-11H,2-3,8-9H2,1H3,(H,24,28)(H,23,25,26). The molecule has 0 atom stereocenters. The van der Waals surface area contributed by atoms with Crippen LogP contribution in [0.5, 0.6) is 0 Å². The van der Waals surface area contributed by atoms with Gasteiger partial charge in [0.1, 0.15) is 10.2 Å². The molecule has 150 valence electrons. The molecule has 9 heteroatoms. The van der Waals surface area contributed by atoms with Crippen molar-refractivity contribution in [2.45, 2.75) is 19.8 Å². The molecule has 29 heavy (non-hydrogen) atoms. The van der Waals surface area contributed by atoms with Crippen LogP contribution in [0.25, 0.3) is 0 Å². The topological polar surface area (TPSA) is 70.2 Å². The van der Waals surface area contributed by atoms with Gasteiger partial charge < -0.3 is 15.5 Å². The first-order chi connectivity index (χ1) is 14.0. The van der Waals surface area contributed by atoms with E-state index in [0.717, 1.165) is 30.3 Å².